The number of pyridine rings is 1. The molecule has 0 aliphatic carbocycles. The zero-order chi connectivity index (χ0) is 24.9. The van der Waals surface area contributed by atoms with E-state index >= 15 is 0 Å². The molecule has 0 bridgehead atoms. The predicted molar refractivity (Wildman–Crippen MR) is 143 cm³/mol. The van der Waals surface area contributed by atoms with E-state index in [1.807, 2.05) is 73.6 Å². The summed E-state index contributed by atoms with van der Waals surface area (Å²) >= 11 is 0. The number of rotatable bonds is 8. The van der Waals surface area contributed by atoms with E-state index in [9.17, 15) is 4.79 Å². The lowest BCUT2D eigenvalue weighted by molar-refractivity contribution is 0.768. The molecule has 7 heteroatoms. The van der Waals surface area contributed by atoms with Crippen LogP contribution in [0.15, 0.2) is 83.9 Å². The quantitative estimate of drug-likeness (QED) is 0.391. The maximum Gasteiger partial charge on any atom is 0.258 e. The number of nitrogens with one attached hydrogen (secondary N) is 1. The van der Waals surface area contributed by atoms with Crippen LogP contribution in [0.4, 0.5) is 17.5 Å². The van der Waals surface area contributed by atoms with Gasteiger partial charge in [0.05, 0.1) is 5.69 Å². The van der Waals surface area contributed by atoms with E-state index in [0.29, 0.717) is 11.5 Å². The van der Waals surface area contributed by atoms with Gasteiger partial charge in [-0.25, -0.2) is 4.98 Å². The summed E-state index contributed by atoms with van der Waals surface area (Å²) in [6.07, 6.45) is 4.38. The van der Waals surface area contributed by atoms with Crippen LogP contribution in [-0.2, 0) is 13.5 Å². The zero-order valence-electron chi connectivity index (χ0n) is 20.6. The molecule has 180 valence electrons. The largest absolute Gasteiger partial charge is 0.351 e. The van der Waals surface area contributed by atoms with Crippen molar-refractivity contribution in [2.45, 2.75) is 32.4 Å². The van der Waals surface area contributed by atoms with E-state index in [1.165, 1.54) is 5.56 Å². The van der Waals surface area contributed by atoms with Crippen LogP contribution in [0.2, 0.25) is 0 Å². The molecule has 0 radical (unpaired) electrons. The maximum absolute atomic E-state index is 12.8. The Labute approximate surface area is 206 Å². The molecular formula is C28H32N6O. The number of anilines is 3. The Bertz CT molecular complexity index is 1350. The molecule has 0 amide bonds. The zero-order valence-corrected chi connectivity index (χ0v) is 20.6. The average Bonchev–Trinajstić information content (AvgIpc) is 2.86. The summed E-state index contributed by atoms with van der Waals surface area (Å²) < 4.78 is 1.60. The van der Waals surface area contributed by atoms with E-state index < -0.39 is 0 Å². The van der Waals surface area contributed by atoms with Crippen LogP contribution in [0.25, 0.3) is 11.1 Å². The third-order valence-corrected chi connectivity index (χ3v) is 6.02. The smallest absolute Gasteiger partial charge is 0.258 e. The molecule has 0 aliphatic heterocycles. The molecule has 2 atom stereocenters. The Hall–Kier alpha value is -3.97. The van der Waals surface area contributed by atoms with Gasteiger partial charge in [-0.15, -0.1) is 0 Å². The van der Waals surface area contributed by atoms with Crippen LogP contribution in [0.1, 0.15) is 31.0 Å². The lowest BCUT2D eigenvalue weighted by atomic mass is 10.0. The van der Waals surface area contributed by atoms with Crippen molar-refractivity contribution in [2.75, 3.05) is 17.3 Å². The van der Waals surface area contributed by atoms with Gasteiger partial charge in [0.15, 0.2) is 0 Å². The first-order chi connectivity index (χ1) is 16.8. The number of aromatic nitrogens is 3. The first-order valence-electron chi connectivity index (χ1n) is 11.8. The van der Waals surface area contributed by atoms with Crippen LogP contribution >= 0.6 is 0 Å². The van der Waals surface area contributed by atoms with Crippen LogP contribution < -0.4 is 21.5 Å². The second kappa shape index (κ2) is 10.5. The summed E-state index contributed by atoms with van der Waals surface area (Å²) in [5.74, 6) is 1.28. The maximum atomic E-state index is 12.8. The highest BCUT2D eigenvalue weighted by atomic mass is 16.1. The van der Waals surface area contributed by atoms with E-state index in [-0.39, 0.29) is 17.6 Å². The molecule has 0 aliphatic rings. The second-order valence-corrected chi connectivity index (χ2v) is 8.97. The van der Waals surface area contributed by atoms with Gasteiger partial charge < -0.3 is 20.5 Å². The second-order valence-electron chi connectivity index (χ2n) is 8.97. The molecule has 7 nitrogen and oxygen atoms in total. The number of hydrogen-bond donors (Lipinski definition) is 2. The van der Waals surface area contributed by atoms with Gasteiger partial charge in [0.2, 0.25) is 5.95 Å². The van der Waals surface area contributed by atoms with Gasteiger partial charge in [0.25, 0.3) is 5.56 Å². The van der Waals surface area contributed by atoms with Crippen LogP contribution in [0.3, 0.4) is 0 Å². The number of hydrogen-bond acceptors (Lipinski definition) is 6. The number of nitrogens with two attached hydrogens (primary N) is 1. The first-order valence-corrected chi connectivity index (χ1v) is 11.8. The van der Waals surface area contributed by atoms with E-state index in [4.69, 9.17) is 10.7 Å². The fourth-order valence-electron chi connectivity index (χ4n) is 4.07. The Kier molecular flexibility index (Phi) is 7.27. The highest BCUT2D eigenvalue weighted by Gasteiger charge is 2.14. The minimum Gasteiger partial charge on any atom is -0.351 e. The van der Waals surface area contributed by atoms with Crippen molar-refractivity contribution in [1.82, 2.24) is 14.5 Å². The fourth-order valence-corrected chi connectivity index (χ4v) is 4.07. The SMILES string of the molecule is CC(Cc1cccc(C(C)N)c1)Nc1nccc(N(C)c2cc(-c3ccccc3)c(=O)n(C)c2)n1. The molecule has 0 fully saturated rings. The van der Waals surface area contributed by atoms with Gasteiger partial charge in [0.1, 0.15) is 5.82 Å². The lowest BCUT2D eigenvalue weighted by Crippen LogP contribution is -2.23. The van der Waals surface area contributed by atoms with Gasteiger partial charge in [-0.2, -0.15) is 4.98 Å². The molecule has 0 spiro atoms. The van der Waals surface area contributed by atoms with Crippen molar-refractivity contribution in [2.24, 2.45) is 12.8 Å². The fraction of sp³-hybridized carbons (Fsp3) is 0.250. The van der Waals surface area contributed by atoms with E-state index in [0.717, 1.165) is 29.1 Å². The molecule has 2 aromatic heterocycles. The number of nitrogens with zero attached hydrogens (tertiary/aromatic N) is 4. The minimum atomic E-state index is -0.0414. The first kappa shape index (κ1) is 24.2. The lowest BCUT2D eigenvalue weighted by Gasteiger charge is -2.21. The van der Waals surface area contributed by atoms with Gasteiger partial charge in [-0.1, -0.05) is 54.6 Å². The van der Waals surface area contributed by atoms with E-state index in [1.54, 1.807) is 17.8 Å². The Balaban J connectivity index is 1.53. The van der Waals surface area contributed by atoms with Crippen molar-refractivity contribution in [3.63, 3.8) is 0 Å². The molecule has 2 heterocycles. The Morgan fingerprint density at radius 3 is 2.57 bits per heavy atom. The number of aryl methyl sites for hydroxylation is 1. The molecule has 35 heavy (non-hydrogen) atoms. The van der Waals surface area contributed by atoms with Crippen LogP contribution in [0.5, 0.6) is 0 Å². The standard InChI is InChI=1S/C28H32N6O/c1-19(15-21-9-8-12-23(16-21)20(2)29)31-28-30-14-13-26(32-28)34(4)24-17-25(27(35)33(3)18-24)22-10-6-5-7-11-22/h5-14,16-20H,15,29H2,1-4H3,(H,30,31,32). The molecule has 2 unspecified atom stereocenters. The number of benzene rings is 2. The molecule has 2 aromatic carbocycles. The van der Waals surface area contributed by atoms with Gasteiger partial charge in [-0.05, 0) is 49.1 Å². The van der Waals surface area contributed by atoms with Gasteiger partial charge in [-0.3, -0.25) is 4.79 Å². The topological polar surface area (TPSA) is 89.1 Å². The molecular weight excluding hydrogens is 436 g/mol. The van der Waals surface area contributed by atoms with Crippen molar-refractivity contribution < 1.29 is 0 Å². The summed E-state index contributed by atoms with van der Waals surface area (Å²) in [5.41, 5.74) is 10.7. The monoisotopic (exact) mass is 468 g/mol. The summed E-state index contributed by atoms with van der Waals surface area (Å²) in [5, 5.41) is 3.41. The summed E-state index contributed by atoms with van der Waals surface area (Å²) in [6.45, 7) is 4.10. The van der Waals surface area contributed by atoms with Crippen molar-refractivity contribution >= 4 is 17.5 Å². The average molecular weight is 469 g/mol. The van der Waals surface area contributed by atoms with Crippen molar-refractivity contribution in [1.29, 1.82) is 0 Å². The Morgan fingerprint density at radius 1 is 1.06 bits per heavy atom. The summed E-state index contributed by atoms with van der Waals surface area (Å²) in [7, 11) is 3.70. The molecule has 0 saturated heterocycles. The molecule has 4 rings (SSSR count). The van der Waals surface area contributed by atoms with Crippen LogP contribution in [0, 0.1) is 0 Å². The van der Waals surface area contributed by atoms with Crippen LogP contribution in [-0.4, -0.2) is 27.6 Å². The highest BCUT2D eigenvalue weighted by molar-refractivity contribution is 5.70. The molecule has 4 aromatic rings. The highest BCUT2D eigenvalue weighted by Crippen LogP contribution is 2.25. The summed E-state index contributed by atoms with van der Waals surface area (Å²) in [6, 6.07) is 21.9. The van der Waals surface area contributed by atoms with Crippen molar-refractivity contribution in [3.05, 3.63) is 101 Å². The van der Waals surface area contributed by atoms with Gasteiger partial charge in [0, 0.05) is 44.1 Å². The molecule has 0 saturated carbocycles. The minimum absolute atomic E-state index is 0.00801. The van der Waals surface area contributed by atoms with E-state index in [2.05, 4.69) is 35.4 Å². The third kappa shape index (κ3) is 5.75. The molecule has 3 N–H and O–H groups in total. The summed E-state index contributed by atoms with van der Waals surface area (Å²) in [4.78, 5) is 23.9. The third-order valence-electron chi connectivity index (χ3n) is 6.02. The van der Waals surface area contributed by atoms with Crippen molar-refractivity contribution in [3.8, 4) is 11.1 Å². The normalized spacial score (nSPS) is 12.7. The predicted octanol–water partition coefficient (Wildman–Crippen LogP) is 4.67. The Morgan fingerprint density at radius 2 is 1.83 bits per heavy atom. The van der Waals surface area contributed by atoms with Gasteiger partial charge >= 0.3 is 0 Å².